The van der Waals surface area contributed by atoms with Gasteiger partial charge in [-0.25, -0.2) is 0 Å². The fourth-order valence-corrected chi connectivity index (χ4v) is 2.28. The molecule has 0 atom stereocenters. The van der Waals surface area contributed by atoms with E-state index in [1.54, 1.807) is 6.07 Å². The predicted octanol–water partition coefficient (Wildman–Crippen LogP) is 2.83. The summed E-state index contributed by atoms with van der Waals surface area (Å²) in [7, 11) is 0. The van der Waals surface area contributed by atoms with Crippen molar-refractivity contribution in [3.63, 3.8) is 0 Å². The summed E-state index contributed by atoms with van der Waals surface area (Å²) in [5.41, 5.74) is 2.71. The number of Topliss-reactive ketones (excluding diaryl/α,β-unsaturated/α-hetero) is 1. The van der Waals surface area contributed by atoms with E-state index in [4.69, 9.17) is 0 Å². The Morgan fingerprint density at radius 1 is 1.40 bits per heavy atom. The number of carbonyl (C=O) groups excluding carboxylic acids is 1. The van der Waals surface area contributed by atoms with Gasteiger partial charge in [-0.05, 0) is 37.1 Å². The molecule has 110 valence electrons. The number of alkyl halides is 3. The van der Waals surface area contributed by atoms with Crippen LogP contribution in [0, 0.1) is 0 Å². The van der Waals surface area contributed by atoms with Gasteiger partial charge in [0.25, 0.3) is 0 Å². The number of hydrogen-bond acceptors (Lipinski definition) is 3. The number of halogens is 3. The standard InChI is InChI=1S/C14H16F3NO2/c1-10(19)11-2-3-13-12(8-11)4-5-18(13)6-7-20-9-14(15,16)17/h2-3,8H,4-7,9H2,1H3. The maximum Gasteiger partial charge on any atom is 0.411 e. The van der Waals surface area contributed by atoms with Crippen molar-refractivity contribution < 1.29 is 22.7 Å². The number of ether oxygens (including phenoxy) is 1. The second-order valence-electron chi connectivity index (χ2n) is 4.80. The average molecular weight is 287 g/mol. The van der Waals surface area contributed by atoms with E-state index in [1.165, 1.54) is 6.92 Å². The SMILES string of the molecule is CC(=O)c1ccc2c(c1)CCN2CCOCC(F)(F)F. The first-order chi connectivity index (χ1) is 9.37. The van der Waals surface area contributed by atoms with Gasteiger partial charge in [0.15, 0.2) is 5.78 Å². The molecule has 0 N–H and O–H groups in total. The topological polar surface area (TPSA) is 29.5 Å². The van der Waals surface area contributed by atoms with Gasteiger partial charge in [0.1, 0.15) is 6.61 Å². The van der Waals surface area contributed by atoms with Crippen LogP contribution in [-0.4, -0.2) is 38.3 Å². The van der Waals surface area contributed by atoms with E-state index in [0.717, 1.165) is 24.2 Å². The Morgan fingerprint density at radius 2 is 2.15 bits per heavy atom. The molecule has 0 bridgehead atoms. The molecule has 0 saturated carbocycles. The summed E-state index contributed by atoms with van der Waals surface area (Å²) >= 11 is 0. The number of nitrogens with zero attached hydrogens (tertiary/aromatic N) is 1. The van der Waals surface area contributed by atoms with Crippen LogP contribution in [0.2, 0.25) is 0 Å². The molecule has 1 aliphatic heterocycles. The van der Waals surface area contributed by atoms with E-state index in [2.05, 4.69) is 4.74 Å². The third-order valence-electron chi connectivity index (χ3n) is 3.25. The third kappa shape index (κ3) is 3.72. The number of carbonyl (C=O) groups is 1. The Kier molecular flexibility index (Phi) is 4.32. The van der Waals surface area contributed by atoms with Crippen LogP contribution in [0.15, 0.2) is 18.2 Å². The fraction of sp³-hybridized carbons (Fsp3) is 0.500. The van der Waals surface area contributed by atoms with Gasteiger partial charge < -0.3 is 9.64 Å². The van der Waals surface area contributed by atoms with Crippen molar-refractivity contribution >= 4 is 11.5 Å². The summed E-state index contributed by atoms with van der Waals surface area (Å²) in [6.07, 6.45) is -3.48. The van der Waals surface area contributed by atoms with Crippen molar-refractivity contribution in [2.24, 2.45) is 0 Å². The molecular weight excluding hydrogens is 271 g/mol. The van der Waals surface area contributed by atoms with E-state index in [1.807, 2.05) is 17.0 Å². The molecule has 6 heteroatoms. The Labute approximate surface area is 115 Å². The van der Waals surface area contributed by atoms with Gasteiger partial charge >= 0.3 is 6.18 Å². The smallest absolute Gasteiger partial charge is 0.370 e. The van der Waals surface area contributed by atoms with Crippen molar-refractivity contribution in [2.75, 3.05) is 31.2 Å². The Morgan fingerprint density at radius 3 is 2.80 bits per heavy atom. The van der Waals surface area contributed by atoms with Gasteiger partial charge in [0.2, 0.25) is 0 Å². The molecule has 1 aliphatic rings. The predicted molar refractivity (Wildman–Crippen MR) is 69.2 cm³/mol. The van der Waals surface area contributed by atoms with Crippen LogP contribution < -0.4 is 4.90 Å². The molecule has 0 aliphatic carbocycles. The molecule has 1 aromatic carbocycles. The second kappa shape index (κ2) is 5.83. The van der Waals surface area contributed by atoms with Gasteiger partial charge in [-0.1, -0.05) is 0 Å². The van der Waals surface area contributed by atoms with Crippen LogP contribution in [0.25, 0.3) is 0 Å². The summed E-state index contributed by atoms with van der Waals surface area (Å²) < 4.78 is 40.5. The maximum absolute atomic E-state index is 11.9. The molecule has 1 heterocycles. The fourth-order valence-electron chi connectivity index (χ4n) is 2.28. The molecule has 0 aromatic heterocycles. The number of rotatable bonds is 5. The maximum atomic E-state index is 11.9. The van der Waals surface area contributed by atoms with Crippen LogP contribution >= 0.6 is 0 Å². The van der Waals surface area contributed by atoms with Crippen molar-refractivity contribution in [3.8, 4) is 0 Å². The number of anilines is 1. The summed E-state index contributed by atoms with van der Waals surface area (Å²) in [4.78, 5) is 13.3. The van der Waals surface area contributed by atoms with Crippen molar-refractivity contribution in [1.29, 1.82) is 0 Å². The largest absolute Gasteiger partial charge is 0.411 e. The molecule has 1 aromatic rings. The van der Waals surface area contributed by atoms with Crippen LogP contribution in [0.1, 0.15) is 22.8 Å². The van der Waals surface area contributed by atoms with Crippen LogP contribution in [0.4, 0.5) is 18.9 Å². The van der Waals surface area contributed by atoms with Gasteiger partial charge in [-0.3, -0.25) is 4.79 Å². The summed E-state index contributed by atoms with van der Waals surface area (Å²) in [6.45, 7) is 1.50. The summed E-state index contributed by atoms with van der Waals surface area (Å²) in [5.74, 6) is 0.0137. The first-order valence-electron chi connectivity index (χ1n) is 6.40. The average Bonchev–Trinajstić information content (AvgIpc) is 2.76. The van der Waals surface area contributed by atoms with Crippen LogP contribution in [0.3, 0.4) is 0 Å². The van der Waals surface area contributed by atoms with E-state index in [-0.39, 0.29) is 12.4 Å². The first-order valence-corrected chi connectivity index (χ1v) is 6.40. The zero-order valence-corrected chi connectivity index (χ0v) is 11.2. The number of fused-ring (bicyclic) bond motifs is 1. The lowest BCUT2D eigenvalue weighted by Gasteiger charge is -2.19. The molecular formula is C14H16F3NO2. The van der Waals surface area contributed by atoms with Crippen molar-refractivity contribution in [3.05, 3.63) is 29.3 Å². The Hall–Kier alpha value is -1.56. The lowest BCUT2D eigenvalue weighted by molar-refractivity contribution is -0.173. The molecule has 0 amide bonds. The van der Waals surface area contributed by atoms with Crippen LogP contribution in [0.5, 0.6) is 0 Å². The van der Waals surface area contributed by atoms with Crippen LogP contribution in [-0.2, 0) is 11.2 Å². The highest BCUT2D eigenvalue weighted by atomic mass is 19.4. The molecule has 0 spiro atoms. The first kappa shape index (κ1) is 14.8. The molecule has 3 nitrogen and oxygen atoms in total. The van der Waals surface area contributed by atoms with Crippen molar-refractivity contribution in [1.82, 2.24) is 0 Å². The zero-order valence-electron chi connectivity index (χ0n) is 11.2. The molecule has 0 unspecified atom stereocenters. The van der Waals surface area contributed by atoms with Crippen molar-refractivity contribution in [2.45, 2.75) is 19.5 Å². The Balaban J connectivity index is 1.90. The quantitative estimate of drug-likeness (QED) is 0.616. The lowest BCUT2D eigenvalue weighted by Crippen LogP contribution is -2.27. The molecule has 0 fully saturated rings. The molecule has 0 saturated heterocycles. The van der Waals surface area contributed by atoms with E-state index in [0.29, 0.717) is 12.1 Å². The molecule has 0 radical (unpaired) electrons. The minimum atomic E-state index is -4.28. The third-order valence-corrected chi connectivity index (χ3v) is 3.25. The van der Waals surface area contributed by atoms with Gasteiger partial charge in [0.05, 0.1) is 6.61 Å². The molecule has 20 heavy (non-hydrogen) atoms. The molecule has 2 rings (SSSR count). The van der Waals surface area contributed by atoms with E-state index in [9.17, 15) is 18.0 Å². The Bertz CT molecular complexity index is 500. The number of ketones is 1. The minimum Gasteiger partial charge on any atom is -0.370 e. The monoisotopic (exact) mass is 287 g/mol. The minimum absolute atomic E-state index is 0.0137. The van der Waals surface area contributed by atoms with Gasteiger partial charge in [-0.15, -0.1) is 0 Å². The van der Waals surface area contributed by atoms with Gasteiger partial charge in [-0.2, -0.15) is 13.2 Å². The highest BCUT2D eigenvalue weighted by Gasteiger charge is 2.27. The highest BCUT2D eigenvalue weighted by Crippen LogP contribution is 2.28. The van der Waals surface area contributed by atoms with E-state index >= 15 is 0 Å². The normalized spacial score (nSPS) is 14.5. The van der Waals surface area contributed by atoms with E-state index < -0.39 is 12.8 Å². The highest BCUT2D eigenvalue weighted by molar-refractivity contribution is 5.94. The number of benzene rings is 1. The summed E-state index contributed by atoms with van der Waals surface area (Å²) in [5, 5.41) is 0. The zero-order chi connectivity index (χ0) is 14.8. The summed E-state index contributed by atoms with van der Waals surface area (Å²) in [6, 6.07) is 5.45. The van der Waals surface area contributed by atoms with Gasteiger partial charge in [0, 0.05) is 24.3 Å². The number of hydrogen-bond donors (Lipinski definition) is 0. The second-order valence-corrected chi connectivity index (χ2v) is 4.80. The lowest BCUT2D eigenvalue weighted by atomic mass is 10.1.